The summed E-state index contributed by atoms with van der Waals surface area (Å²) in [6.45, 7) is 1.04. The van der Waals surface area contributed by atoms with Crippen molar-refractivity contribution in [3.05, 3.63) is 58.1 Å². The number of esters is 1. The molecule has 0 fully saturated rings. The van der Waals surface area contributed by atoms with Crippen LogP contribution in [0.3, 0.4) is 0 Å². The molecule has 7 nitrogen and oxygen atoms in total. The number of hydrogen-bond donors (Lipinski definition) is 2. The summed E-state index contributed by atoms with van der Waals surface area (Å²) < 4.78 is 4.89. The topological polar surface area (TPSA) is 118 Å². The largest absolute Gasteiger partial charge is 0.507 e. The third-order valence-corrected chi connectivity index (χ3v) is 3.61. The van der Waals surface area contributed by atoms with E-state index in [2.05, 4.69) is 0 Å². The summed E-state index contributed by atoms with van der Waals surface area (Å²) in [7, 11) is 0. The van der Waals surface area contributed by atoms with Crippen LogP contribution in [0.1, 0.15) is 49.1 Å². The van der Waals surface area contributed by atoms with E-state index in [0.29, 0.717) is 0 Å². The number of carboxylic acid groups (broad SMARTS) is 1. The highest BCUT2D eigenvalue weighted by atomic mass is 16.5. The second kappa shape index (κ2) is 5.31. The van der Waals surface area contributed by atoms with Gasteiger partial charge < -0.3 is 14.9 Å². The fourth-order valence-electron chi connectivity index (χ4n) is 2.65. The quantitative estimate of drug-likeness (QED) is 0.544. The molecule has 2 aromatic carbocycles. The summed E-state index contributed by atoms with van der Waals surface area (Å²) in [4.78, 5) is 48.0. The Morgan fingerprint density at radius 3 is 2.04 bits per heavy atom. The van der Waals surface area contributed by atoms with Crippen molar-refractivity contribution < 1.29 is 34.1 Å². The molecule has 0 atom stereocenters. The molecule has 2 aromatic rings. The lowest BCUT2D eigenvalue weighted by atomic mass is 9.82. The minimum absolute atomic E-state index is 0.0466. The summed E-state index contributed by atoms with van der Waals surface area (Å²) >= 11 is 0. The fourth-order valence-corrected chi connectivity index (χ4v) is 2.65. The van der Waals surface area contributed by atoms with E-state index in [-0.39, 0.29) is 16.7 Å². The maximum atomic E-state index is 12.7. The van der Waals surface area contributed by atoms with Gasteiger partial charge in [-0.3, -0.25) is 14.4 Å². The van der Waals surface area contributed by atoms with Gasteiger partial charge in [-0.05, 0) is 6.07 Å². The minimum atomic E-state index is -1.51. The van der Waals surface area contributed by atoms with Crippen LogP contribution in [0.5, 0.6) is 11.5 Å². The van der Waals surface area contributed by atoms with Crippen molar-refractivity contribution in [2.45, 2.75) is 6.92 Å². The number of aromatic hydroxyl groups is 1. The Kier molecular flexibility index (Phi) is 3.41. The average molecular weight is 326 g/mol. The zero-order valence-corrected chi connectivity index (χ0v) is 12.3. The number of benzene rings is 2. The number of ketones is 2. The van der Waals surface area contributed by atoms with Crippen LogP contribution in [0, 0.1) is 0 Å². The number of phenols is 1. The van der Waals surface area contributed by atoms with Crippen LogP contribution < -0.4 is 4.74 Å². The Hall–Kier alpha value is -3.48. The van der Waals surface area contributed by atoms with Gasteiger partial charge in [-0.15, -0.1) is 0 Å². The Labute approximate surface area is 135 Å². The van der Waals surface area contributed by atoms with Gasteiger partial charge in [0, 0.05) is 18.1 Å². The van der Waals surface area contributed by atoms with Crippen LogP contribution in [0.2, 0.25) is 0 Å². The van der Waals surface area contributed by atoms with Crippen LogP contribution >= 0.6 is 0 Å². The fraction of sp³-hybridized carbons (Fsp3) is 0.0588. The molecule has 0 heterocycles. The standard InChI is InChI=1S/C17H10O7/c1-7(18)24-16-10(17(22)23)6-11(19)12-13(16)15(21)9-5-3-2-4-8(9)14(12)20/h2-6,19H,1H3,(H,22,23). The second-order valence-electron chi connectivity index (χ2n) is 5.13. The van der Waals surface area contributed by atoms with Crippen molar-refractivity contribution in [2.24, 2.45) is 0 Å². The van der Waals surface area contributed by atoms with Crippen molar-refractivity contribution in [2.75, 3.05) is 0 Å². The molecule has 1 aliphatic carbocycles. The van der Waals surface area contributed by atoms with E-state index in [1.165, 1.54) is 12.1 Å². The van der Waals surface area contributed by atoms with E-state index in [4.69, 9.17) is 4.74 Å². The molecule has 0 amide bonds. The van der Waals surface area contributed by atoms with Gasteiger partial charge in [-0.2, -0.15) is 0 Å². The van der Waals surface area contributed by atoms with Gasteiger partial charge in [0.05, 0.1) is 11.1 Å². The minimum Gasteiger partial charge on any atom is -0.507 e. The first-order valence-electron chi connectivity index (χ1n) is 6.83. The van der Waals surface area contributed by atoms with Crippen LogP contribution in [0.25, 0.3) is 0 Å². The predicted octanol–water partition coefficient (Wildman–Crippen LogP) is 1.79. The van der Waals surface area contributed by atoms with E-state index < -0.39 is 46.1 Å². The molecular weight excluding hydrogens is 316 g/mol. The van der Waals surface area contributed by atoms with Gasteiger partial charge in [0.25, 0.3) is 0 Å². The molecule has 2 N–H and O–H groups in total. The zero-order chi connectivity index (χ0) is 17.6. The van der Waals surface area contributed by atoms with Crippen LogP contribution in [-0.2, 0) is 4.79 Å². The highest BCUT2D eigenvalue weighted by Gasteiger charge is 2.37. The lowest BCUT2D eigenvalue weighted by molar-refractivity contribution is -0.131. The number of ether oxygens (including phenoxy) is 1. The monoisotopic (exact) mass is 326 g/mol. The molecule has 24 heavy (non-hydrogen) atoms. The summed E-state index contributed by atoms with van der Waals surface area (Å²) in [5.41, 5.74) is -1.25. The Balaban J connectivity index is 2.41. The van der Waals surface area contributed by atoms with Crippen molar-refractivity contribution in [3.63, 3.8) is 0 Å². The number of fused-ring (bicyclic) bond motifs is 2. The number of carbonyl (C=O) groups excluding carboxylic acids is 3. The summed E-state index contributed by atoms with van der Waals surface area (Å²) in [5.74, 6) is -4.92. The van der Waals surface area contributed by atoms with Gasteiger partial charge >= 0.3 is 11.9 Å². The molecule has 0 saturated carbocycles. The Morgan fingerprint density at radius 1 is 1.00 bits per heavy atom. The van der Waals surface area contributed by atoms with Crippen molar-refractivity contribution in [1.29, 1.82) is 0 Å². The number of phenolic OH excluding ortho intramolecular Hbond substituents is 1. The van der Waals surface area contributed by atoms with Crippen molar-refractivity contribution in [1.82, 2.24) is 0 Å². The maximum absolute atomic E-state index is 12.7. The van der Waals surface area contributed by atoms with Crippen molar-refractivity contribution in [3.8, 4) is 11.5 Å². The molecule has 0 aromatic heterocycles. The zero-order valence-electron chi connectivity index (χ0n) is 12.3. The third-order valence-electron chi connectivity index (χ3n) is 3.61. The van der Waals surface area contributed by atoms with Crippen molar-refractivity contribution >= 4 is 23.5 Å². The molecule has 120 valence electrons. The number of carbonyl (C=O) groups is 4. The van der Waals surface area contributed by atoms with E-state index in [1.54, 1.807) is 12.1 Å². The number of carboxylic acids is 1. The lowest BCUT2D eigenvalue weighted by Gasteiger charge is -2.21. The van der Waals surface area contributed by atoms with Crippen LogP contribution in [-0.4, -0.2) is 33.7 Å². The Morgan fingerprint density at radius 2 is 1.54 bits per heavy atom. The van der Waals surface area contributed by atoms with E-state index >= 15 is 0 Å². The van der Waals surface area contributed by atoms with E-state index in [9.17, 15) is 29.4 Å². The third kappa shape index (κ3) is 2.14. The molecule has 3 rings (SSSR count). The SMILES string of the molecule is CC(=O)Oc1c(C(=O)O)cc(O)c2c1C(=O)c1ccccc1C2=O. The number of hydrogen-bond acceptors (Lipinski definition) is 6. The Bertz CT molecular complexity index is 940. The molecule has 0 spiro atoms. The smallest absolute Gasteiger partial charge is 0.339 e. The van der Waals surface area contributed by atoms with Crippen LogP contribution in [0.15, 0.2) is 30.3 Å². The molecule has 0 bridgehead atoms. The van der Waals surface area contributed by atoms with Gasteiger partial charge in [-0.1, -0.05) is 24.3 Å². The number of rotatable bonds is 2. The van der Waals surface area contributed by atoms with Crippen LogP contribution in [0.4, 0.5) is 0 Å². The molecule has 7 heteroatoms. The van der Waals surface area contributed by atoms with Gasteiger partial charge in [0.1, 0.15) is 11.3 Å². The first-order valence-corrected chi connectivity index (χ1v) is 6.83. The second-order valence-corrected chi connectivity index (χ2v) is 5.13. The molecule has 0 aliphatic heterocycles. The highest BCUT2D eigenvalue weighted by Crippen LogP contribution is 2.40. The molecular formula is C17H10O7. The van der Waals surface area contributed by atoms with Gasteiger partial charge in [0.15, 0.2) is 17.3 Å². The predicted molar refractivity (Wildman–Crippen MR) is 79.7 cm³/mol. The number of aromatic carboxylic acids is 1. The first kappa shape index (κ1) is 15.4. The highest BCUT2D eigenvalue weighted by molar-refractivity contribution is 6.31. The molecule has 0 radical (unpaired) electrons. The normalized spacial score (nSPS) is 12.4. The molecule has 0 saturated heterocycles. The first-order chi connectivity index (χ1) is 11.3. The maximum Gasteiger partial charge on any atom is 0.339 e. The molecule has 0 unspecified atom stereocenters. The lowest BCUT2D eigenvalue weighted by Crippen LogP contribution is -2.24. The average Bonchev–Trinajstić information content (AvgIpc) is 2.53. The summed E-state index contributed by atoms with van der Waals surface area (Å²) in [5, 5.41) is 19.3. The van der Waals surface area contributed by atoms with Gasteiger partial charge in [-0.25, -0.2) is 4.79 Å². The van der Waals surface area contributed by atoms with E-state index in [1.807, 2.05) is 0 Å². The van der Waals surface area contributed by atoms with E-state index in [0.717, 1.165) is 13.0 Å². The summed E-state index contributed by atoms with van der Waals surface area (Å²) in [6.07, 6.45) is 0. The molecule has 1 aliphatic rings. The summed E-state index contributed by atoms with van der Waals surface area (Å²) in [6, 6.07) is 6.72. The van der Waals surface area contributed by atoms with Gasteiger partial charge in [0.2, 0.25) is 0 Å².